The average Bonchev–Trinajstić information content (AvgIpc) is 2.96. The minimum Gasteiger partial charge on any atom is -0.328 e. The lowest BCUT2D eigenvalue weighted by Gasteiger charge is -2.21. The van der Waals surface area contributed by atoms with E-state index in [0.29, 0.717) is 12.0 Å². The summed E-state index contributed by atoms with van der Waals surface area (Å²) in [5, 5.41) is 4.51. The van der Waals surface area contributed by atoms with Gasteiger partial charge in [0.1, 0.15) is 5.52 Å². The zero-order valence-electron chi connectivity index (χ0n) is 12.1. The van der Waals surface area contributed by atoms with Gasteiger partial charge in [-0.3, -0.25) is 9.25 Å². The van der Waals surface area contributed by atoms with Crippen molar-refractivity contribution in [3.63, 3.8) is 0 Å². The molecule has 0 bridgehead atoms. The first kappa shape index (κ1) is 12.9. The smallest absolute Gasteiger partial charge is 0.179 e. The van der Waals surface area contributed by atoms with Crippen LogP contribution >= 0.6 is 12.2 Å². The van der Waals surface area contributed by atoms with Crippen molar-refractivity contribution in [2.45, 2.75) is 46.1 Å². The number of nitrogens with one attached hydrogen (secondary N) is 1. The number of hydrogen-bond donors (Lipinski definition) is 1. The Bertz CT molecular complexity index is 663. The van der Waals surface area contributed by atoms with E-state index in [1.807, 2.05) is 18.7 Å². The van der Waals surface area contributed by atoms with Crippen molar-refractivity contribution < 1.29 is 0 Å². The lowest BCUT2D eigenvalue weighted by atomic mass is 9.93. The van der Waals surface area contributed by atoms with Gasteiger partial charge in [-0.25, -0.2) is 0 Å². The van der Waals surface area contributed by atoms with E-state index >= 15 is 0 Å². The van der Waals surface area contributed by atoms with Crippen LogP contribution in [-0.4, -0.2) is 19.3 Å². The first-order valence-electron chi connectivity index (χ1n) is 7.18. The number of aromatic amines is 1. The Morgan fingerprint density at radius 3 is 2.79 bits per heavy atom. The summed E-state index contributed by atoms with van der Waals surface area (Å²) in [6, 6.07) is 0.515. The Labute approximate surface area is 118 Å². The Hall–Kier alpha value is -1.10. The molecule has 5 heteroatoms. The molecule has 0 aliphatic heterocycles. The third-order valence-electron chi connectivity index (χ3n) is 4.91. The fraction of sp³-hybridized carbons (Fsp3) is 0.714. The van der Waals surface area contributed by atoms with Gasteiger partial charge < -0.3 is 4.98 Å². The summed E-state index contributed by atoms with van der Waals surface area (Å²) in [6.45, 7) is 6.70. The summed E-state index contributed by atoms with van der Waals surface area (Å²) in [5.74, 6) is 1.51. The molecule has 19 heavy (non-hydrogen) atoms. The van der Waals surface area contributed by atoms with E-state index in [9.17, 15) is 0 Å². The van der Waals surface area contributed by atoms with Gasteiger partial charge in [-0.1, -0.05) is 20.3 Å². The molecular weight excluding hydrogens is 256 g/mol. The molecule has 1 aliphatic rings. The summed E-state index contributed by atoms with van der Waals surface area (Å²) in [4.78, 5) is 3.34. The zero-order valence-corrected chi connectivity index (χ0v) is 12.9. The Morgan fingerprint density at radius 1 is 1.42 bits per heavy atom. The molecule has 0 saturated heterocycles. The van der Waals surface area contributed by atoms with Gasteiger partial charge in [0.05, 0.1) is 5.69 Å². The molecule has 4 nitrogen and oxygen atoms in total. The molecule has 0 aromatic carbocycles. The van der Waals surface area contributed by atoms with Crippen molar-refractivity contribution in [3.05, 3.63) is 10.5 Å². The number of rotatable bonds is 2. The molecule has 1 N–H and O–H groups in total. The second kappa shape index (κ2) is 4.47. The summed E-state index contributed by atoms with van der Waals surface area (Å²) < 4.78 is 5.12. The molecule has 1 fully saturated rings. The number of aromatic nitrogens is 4. The van der Waals surface area contributed by atoms with E-state index in [2.05, 4.69) is 28.5 Å². The maximum Gasteiger partial charge on any atom is 0.179 e. The first-order valence-corrected chi connectivity index (χ1v) is 7.59. The molecule has 1 saturated carbocycles. The van der Waals surface area contributed by atoms with Crippen molar-refractivity contribution in [1.29, 1.82) is 0 Å². The Morgan fingerprint density at radius 2 is 2.16 bits per heavy atom. The van der Waals surface area contributed by atoms with Gasteiger partial charge in [0.25, 0.3) is 0 Å². The number of imidazole rings is 1. The summed E-state index contributed by atoms with van der Waals surface area (Å²) in [5.41, 5.74) is 3.27. The fourth-order valence-electron chi connectivity index (χ4n) is 3.80. The minimum absolute atomic E-state index is 0.515. The van der Waals surface area contributed by atoms with Crippen molar-refractivity contribution >= 4 is 23.4 Å². The van der Waals surface area contributed by atoms with Crippen LogP contribution in [0.3, 0.4) is 0 Å². The third kappa shape index (κ3) is 1.78. The number of nitrogens with zero attached hydrogens (tertiary/aromatic N) is 3. The molecule has 0 amide bonds. The highest BCUT2D eigenvalue weighted by Gasteiger charge is 2.34. The molecule has 3 rings (SSSR count). The van der Waals surface area contributed by atoms with E-state index in [1.54, 1.807) is 0 Å². The van der Waals surface area contributed by atoms with E-state index in [1.165, 1.54) is 19.3 Å². The van der Waals surface area contributed by atoms with Crippen LogP contribution in [0.4, 0.5) is 0 Å². The lowest BCUT2D eigenvalue weighted by Crippen LogP contribution is -2.17. The monoisotopic (exact) mass is 278 g/mol. The van der Waals surface area contributed by atoms with E-state index < -0.39 is 0 Å². The number of aryl methyl sites for hydroxylation is 2. The molecule has 2 heterocycles. The molecular formula is C14H22N4S. The van der Waals surface area contributed by atoms with Crippen molar-refractivity contribution in [2.75, 3.05) is 0 Å². The van der Waals surface area contributed by atoms with Gasteiger partial charge in [0.2, 0.25) is 0 Å². The zero-order chi connectivity index (χ0) is 13.7. The quantitative estimate of drug-likeness (QED) is 0.850. The molecule has 2 aromatic heterocycles. The van der Waals surface area contributed by atoms with Crippen LogP contribution in [0, 0.1) is 23.5 Å². The standard InChI is InChI=1S/C14H22N4S/c1-5-10-6-7-11(8(10)2)18-13-12(15-14(18)19)9(3)16-17(13)4/h8,10-11H,5-7H2,1-4H3,(H,15,19). The van der Waals surface area contributed by atoms with Gasteiger partial charge in [0, 0.05) is 13.1 Å². The predicted molar refractivity (Wildman–Crippen MR) is 79.8 cm³/mol. The number of H-pyrrole nitrogens is 1. The van der Waals surface area contributed by atoms with Crippen LogP contribution in [0.2, 0.25) is 0 Å². The summed E-state index contributed by atoms with van der Waals surface area (Å²) in [6.07, 6.45) is 3.81. The molecule has 104 valence electrons. The molecule has 0 radical (unpaired) electrons. The van der Waals surface area contributed by atoms with Gasteiger partial charge in [-0.05, 0) is 43.8 Å². The SMILES string of the molecule is CCC1CCC(n2c(=S)[nH]c3c(C)nn(C)c32)C1C. The fourth-order valence-corrected chi connectivity index (χ4v) is 4.13. The lowest BCUT2D eigenvalue weighted by molar-refractivity contribution is 0.330. The predicted octanol–water partition coefficient (Wildman–Crippen LogP) is 3.74. The van der Waals surface area contributed by atoms with Crippen LogP contribution in [0.1, 0.15) is 44.8 Å². The summed E-state index contributed by atoms with van der Waals surface area (Å²) >= 11 is 5.56. The van der Waals surface area contributed by atoms with Gasteiger partial charge in [-0.2, -0.15) is 5.10 Å². The highest BCUT2D eigenvalue weighted by atomic mass is 32.1. The van der Waals surface area contributed by atoms with E-state index in [0.717, 1.165) is 27.5 Å². The van der Waals surface area contributed by atoms with Crippen LogP contribution < -0.4 is 0 Å². The van der Waals surface area contributed by atoms with Crippen LogP contribution in [0.15, 0.2) is 0 Å². The normalized spacial score (nSPS) is 27.5. The molecule has 2 aromatic rings. The van der Waals surface area contributed by atoms with E-state index in [4.69, 9.17) is 12.2 Å². The van der Waals surface area contributed by atoms with Crippen molar-refractivity contribution in [1.82, 2.24) is 19.3 Å². The Kier molecular flexibility index (Phi) is 3.04. The highest BCUT2D eigenvalue weighted by Crippen LogP contribution is 2.43. The van der Waals surface area contributed by atoms with Gasteiger partial charge >= 0.3 is 0 Å². The average molecular weight is 278 g/mol. The first-order chi connectivity index (χ1) is 9.04. The van der Waals surface area contributed by atoms with Crippen molar-refractivity contribution in [2.24, 2.45) is 18.9 Å². The van der Waals surface area contributed by atoms with Crippen LogP contribution in [0.25, 0.3) is 11.2 Å². The molecule has 3 atom stereocenters. The van der Waals surface area contributed by atoms with Crippen molar-refractivity contribution in [3.8, 4) is 0 Å². The maximum absolute atomic E-state index is 5.56. The molecule has 3 unspecified atom stereocenters. The van der Waals surface area contributed by atoms with E-state index in [-0.39, 0.29) is 0 Å². The largest absolute Gasteiger partial charge is 0.328 e. The maximum atomic E-state index is 5.56. The second-order valence-corrected chi connectivity index (χ2v) is 6.27. The van der Waals surface area contributed by atoms with Crippen LogP contribution in [-0.2, 0) is 7.05 Å². The van der Waals surface area contributed by atoms with Gasteiger partial charge in [0.15, 0.2) is 10.4 Å². The second-order valence-electron chi connectivity index (χ2n) is 5.88. The number of fused-ring (bicyclic) bond motifs is 1. The third-order valence-corrected chi connectivity index (χ3v) is 5.21. The number of hydrogen-bond acceptors (Lipinski definition) is 2. The van der Waals surface area contributed by atoms with Crippen LogP contribution in [0.5, 0.6) is 0 Å². The Balaban J connectivity index is 2.15. The molecule has 0 spiro atoms. The topological polar surface area (TPSA) is 38.5 Å². The summed E-state index contributed by atoms with van der Waals surface area (Å²) in [7, 11) is 2.01. The van der Waals surface area contributed by atoms with Gasteiger partial charge in [-0.15, -0.1) is 0 Å². The molecule has 1 aliphatic carbocycles. The highest BCUT2D eigenvalue weighted by molar-refractivity contribution is 7.71. The minimum atomic E-state index is 0.515.